The average molecular weight is 509 g/mol. The number of hydrogen-bond acceptors (Lipinski definition) is 5. The first-order chi connectivity index (χ1) is 15.8. The van der Waals surface area contributed by atoms with Crippen LogP contribution in [0.3, 0.4) is 0 Å². The molecule has 0 spiro atoms. The Morgan fingerprint density at radius 2 is 1.44 bits per heavy atom. The monoisotopic (exact) mass is 508 g/mol. The van der Waals surface area contributed by atoms with Gasteiger partial charge in [-0.3, -0.25) is 4.57 Å². The first-order valence-electron chi connectivity index (χ1n) is 13.7. The van der Waals surface area contributed by atoms with Gasteiger partial charge in [0.25, 0.3) is 7.82 Å². The van der Waals surface area contributed by atoms with Crippen LogP contribution >= 0.6 is 7.82 Å². The van der Waals surface area contributed by atoms with Crippen LogP contribution in [0, 0.1) is 0 Å². The summed E-state index contributed by atoms with van der Waals surface area (Å²) in [6.45, 7) is 7.04. The highest BCUT2D eigenvalue weighted by Gasteiger charge is 2.41. The number of quaternary nitrogens is 1. The lowest BCUT2D eigenvalue weighted by atomic mass is 9.87. The van der Waals surface area contributed by atoms with Crippen molar-refractivity contribution in [2.75, 3.05) is 34.3 Å². The molecule has 4 unspecified atom stereocenters. The van der Waals surface area contributed by atoms with Gasteiger partial charge < -0.3 is 29.3 Å². The van der Waals surface area contributed by atoms with E-state index in [1.807, 2.05) is 35.0 Å². The van der Waals surface area contributed by atoms with Crippen molar-refractivity contribution in [2.45, 2.75) is 135 Å². The van der Waals surface area contributed by atoms with Gasteiger partial charge >= 0.3 is 0 Å². The first-order valence-corrected chi connectivity index (χ1v) is 15.2. The summed E-state index contributed by atoms with van der Waals surface area (Å²) in [5, 5.41) is 0. The highest BCUT2D eigenvalue weighted by Crippen LogP contribution is 2.43. The Balaban J connectivity index is 4.57. The van der Waals surface area contributed by atoms with E-state index < -0.39 is 13.4 Å². The van der Waals surface area contributed by atoms with E-state index in [-0.39, 0.29) is 12.1 Å². The van der Waals surface area contributed by atoms with E-state index in [9.17, 15) is 14.4 Å². The van der Waals surface area contributed by atoms with Crippen molar-refractivity contribution in [3.8, 4) is 0 Å². The van der Waals surface area contributed by atoms with Gasteiger partial charge in [-0.05, 0) is 33.1 Å². The molecule has 0 amide bonds. The van der Waals surface area contributed by atoms with Crippen molar-refractivity contribution in [3.05, 3.63) is 0 Å². The van der Waals surface area contributed by atoms with Crippen LogP contribution in [-0.2, 0) is 13.8 Å². The molecule has 0 aromatic rings. The number of rotatable bonds is 23. The molecule has 206 valence electrons. The first kappa shape index (κ1) is 34.0. The van der Waals surface area contributed by atoms with E-state index >= 15 is 0 Å². The Morgan fingerprint density at radius 3 is 1.88 bits per heavy atom. The molecule has 0 aromatic carbocycles. The van der Waals surface area contributed by atoms with Gasteiger partial charge in [0.05, 0.1) is 27.2 Å². The lowest BCUT2D eigenvalue weighted by Crippen LogP contribution is -2.52. The van der Waals surface area contributed by atoms with Crippen LogP contribution in [-0.4, -0.2) is 61.4 Å². The number of ether oxygens (including phenoxy) is 1. The van der Waals surface area contributed by atoms with Gasteiger partial charge in [0.2, 0.25) is 0 Å². The summed E-state index contributed by atoms with van der Waals surface area (Å²) in [6, 6.07) is -0.0128. The largest absolute Gasteiger partial charge is 0.756 e. The highest BCUT2D eigenvalue weighted by atomic mass is 31.2. The number of hydrogen-bond donors (Lipinski definition) is 2. The van der Waals surface area contributed by atoms with Crippen molar-refractivity contribution in [2.24, 2.45) is 5.73 Å². The zero-order valence-corrected chi connectivity index (χ0v) is 24.1. The summed E-state index contributed by atoms with van der Waals surface area (Å²) in [5.74, 6) is 0. The van der Waals surface area contributed by atoms with Gasteiger partial charge in [0.1, 0.15) is 12.1 Å². The lowest BCUT2D eigenvalue weighted by Gasteiger charge is -2.42. The second-order valence-electron chi connectivity index (χ2n) is 11.3. The summed E-state index contributed by atoms with van der Waals surface area (Å²) in [6.07, 6.45) is 16.6. The molecule has 0 aromatic heterocycles. The Kier molecular flexibility index (Phi) is 18.3. The van der Waals surface area contributed by atoms with E-state index in [0.29, 0.717) is 36.9 Å². The summed E-state index contributed by atoms with van der Waals surface area (Å²) in [7, 11) is 1.05. The van der Waals surface area contributed by atoms with E-state index in [1.54, 1.807) is 0 Å². The van der Waals surface area contributed by atoms with E-state index in [0.717, 1.165) is 12.8 Å². The highest BCUT2D eigenvalue weighted by molar-refractivity contribution is 7.44. The smallest absolute Gasteiger partial charge is 0.266 e. The van der Waals surface area contributed by atoms with E-state index in [2.05, 4.69) is 6.92 Å². The standard InChI is InChI=1S/C26H57N2O5P/c1-7-9-10-11-12-13-14-15-16-17-18-19-25(27)20-21-26(23-28(4,5)6,33-34(29,30)31)22-24(3)32-8-2/h24-25H,7-23,27H2,1-6H3,(H-,29,30,31). The van der Waals surface area contributed by atoms with Crippen molar-refractivity contribution < 1.29 is 28.1 Å². The molecule has 34 heavy (non-hydrogen) atoms. The molecule has 0 aliphatic carbocycles. The number of nitrogens with two attached hydrogens (primary N) is 1. The molecular formula is C26H57N2O5P. The molecule has 0 radical (unpaired) electrons. The molecule has 7 nitrogen and oxygen atoms in total. The number of likely N-dealkylation sites (N-methyl/N-ethyl adjacent to an activating group) is 1. The predicted octanol–water partition coefficient (Wildman–Crippen LogP) is 5.53. The van der Waals surface area contributed by atoms with Gasteiger partial charge in [-0.25, -0.2) is 0 Å². The van der Waals surface area contributed by atoms with E-state index in [4.69, 9.17) is 15.0 Å². The molecule has 0 saturated carbocycles. The summed E-state index contributed by atoms with van der Waals surface area (Å²) >= 11 is 0. The minimum Gasteiger partial charge on any atom is -0.756 e. The summed E-state index contributed by atoms with van der Waals surface area (Å²) < 4.78 is 23.4. The molecule has 3 N–H and O–H groups in total. The minimum absolute atomic E-state index is 0.0128. The van der Waals surface area contributed by atoms with Gasteiger partial charge in [0.15, 0.2) is 0 Å². The maximum Gasteiger partial charge on any atom is 0.266 e. The van der Waals surface area contributed by atoms with Crippen molar-refractivity contribution >= 4 is 7.82 Å². The Hall–Kier alpha value is -0.0100. The lowest BCUT2D eigenvalue weighted by molar-refractivity contribution is -0.877. The Labute approximate surface area is 211 Å². The van der Waals surface area contributed by atoms with Crippen LogP contribution in [0.2, 0.25) is 0 Å². The zero-order chi connectivity index (χ0) is 26.1. The van der Waals surface area contributed by atoms with Gasteiger partial charge in [-0.2, -0.15) is 0 Å². The molecular weight excluding hydrogens is 451 g/mol. The van der Waals surface area contributed by atoms with Crippen molar-refractivity contribution in [3.63, 3.8) is 0 Å². The molecule has 0 fully saturated rings. The summed E-state index contributed by atoms with van der Waals surface area (Å²) in [4.78, 5) is 21.4. The Bertz CT molecular complexity index is 538. The normalized spacial score (nSPS) is 17.8. The van der Waals surface area contributed by atoms with Gasteiger partial charge in [-0.1, -0.05) is 77.6 Å². The molecule has 0 rings (SSSR count). The molecule has 0 aliphatic heterocycles. The van der Waals surface area contributed by atoms with Crippen molar-refractivity contribution in [1.29, 1.82) is 0 Å². The third-order valence-electron chi connectivity index (χ3n) is 6.33. The summed E-state index contributed by atoms with van der Waals surface area (Å²) in [5.41, 5.74) is 5.37. The predicted molar refractivity (Wildman–Crippen MR) is 141 cm³/mol. The quantitative estimate of drug-likeness (QED) is 0.107. The molecule has 0 heterocycles. The van der Waals surface area contributed by atoms with Gasteiger partial charge in [0, 0.05) is 19.1 Å². The minimum atomic E-state index is -4.91. The zero-order valence-electron chi connectivity index (χ0n) is 23.2. The fraction of sp³-hybridized carbons (Fsp3) is 1.00. The second-order valence-corrected chi connectivity index (χ2v) is 12.4. The third kappa shape index (κ3) is 20.2. The van der Waals surface area contributed by atoms with Crippen LogP contribution in [0.25, 0.3) is 0 Å². The van der Waals surface area contributed by atoms with Crippen LogP contribution in [0.1, 0.15) is 117 Å². The third-order valence-corrected chi connectivity index (χ3v) is 6.95. The number of phosphoric ester groups is 1. The van der Waals surface area contributed by atoms with Crippen LogP contribution in [0.4, 0.5) is 0 Å². The molecule has 0 bridgehead atoms. The molecule has 8 heteroatoms. The number of phosphoric acid groups is 1. The van der Waals surface area contributed by atoms with Crippen LogP contribution in [0.15, 0.2) is 0 Å². The maximum absolute atomic E-state index is 11.8. The topological polar surface area (TPSA) is 105 Å². The van der Waals surface area contributed by atoms with Crippen molar-refractivity contribution in [1.82, 2.24) is 0 Å². The SMILES string of the molecule is CCCCCCCCCCCCCC(N)CCC(CC(C)OCC)(C[N+](C)(C)C)OP(=O)([O-])O. The van der Waals surface area contributed by atoms with E-state index in [1.165, 1.54) is 64.2 Å². The molecule has 4 atom stereocenters. The molecule has 0 aliphatic rings. The number of nitrogens with zero attached hydrogens (tertiary/aromatic N) is 1. The Morgan fingerprint density at radius 1 is 0.941 bits per heavy atom. The average Bonchev–Trinajstić information content (AvgIpc) is 2.68. The van der Waals surface area contributed by atoms with Gasteiger partial charge in [-0.15, -0.1) is 0 Å². The van der Waals surface area contributed by atoms with Crippen LogP contribution < -0.4 is 10.6 Å². The maximum atomic E-state index is 11.8. The number of unbranched alkanes of at least 4 members (excludes halogenated alkanes) is 10. The second kappa shape index (κ2) is 18.3. The fourth-order valence-corrected chi connectivity index (χ4v) is 5.71. The fourth-order valence-electron chi connectivity index (χ4n) is 5.00. The molecule has 0 saturated heterocycles. The van der Waals surface area contributed by atoms with Crippen LogP contribution in [0.5, 0.6) is 0 Å².